The van der Waals surface area contributed by atoms with Crippen LogP contribution >= 0.6 is 0 Å². The molecule has 0 unspecified atom stereocenters. The van der Waals surface area contributed by atoms with E-state index in [1.54, 1.807) is 22.8 Å². The number of ether oxygens (including phenoxy) is 1. The van der Waals surface area contributed by atoms with Crippen molar-refractivity contribution in [2.75, 3.05) is 11.9 Å². The molecule has 2 aromatic heterocycles. The van der Waals surface area contributed by atoms with Crippen LogP contribution in [0.25, 0.3) is 5.65 Å². The summed E-state index contributed by atoms with van der Waals surface area (Å²) in [5.74, 6) is 1.19. The zero-order valence-corrected chi connectivity index (χ0v) is 13.3. The maximum Gasteiger partial charge on any atom is 0.262 e. The lowest BCUT2D eigenvalue weighted by Crippen LogP contribution is -2.20. The van der Waals surface area contributed by atoms with Crippen LogP contribution in [0.2, 0.25) is 0 Å². The first-order valence-corrected chi connectivity index (χ1v) is 7.35. The maximum absolute atomic E-state index is 12.0. The molecule has 0 saturated heterocycles. The molecule has 0 bridgehead atoms. The number of aromatic nitrogens is 3. The number of carbonyl (C=O) groups is 1. The summed E-state index contributed by atoms with van der Waals surface area (Å²) in [5, 5.41) is 7.01. The lowest BCUT2D eigenvalue weighted by molar-refractivity contribution is -0.118. The van der Waals surface area contributed by atoms with Gasteiger partial charge in [-0.2, -0.15) is 5.10 Å². The molecule has 1 N–H and O–H groups in total. The number of carbonyl (C=O) groups excluding carboxylic acids is 1. The zero-order valence-electron chi connectivity index (χ0n) is 13.3. The lowest BCUT2D eigenvalue weighted by Gasteiger charge is -2.11. The van der Waals surface area contributed by atoms with Crippen LogP contribution in [-0.2, 0) is 4.79 Å². The van der Waals surface area contributed by atoms with Crippen LogP contribution in [0, 0.1) is 20.8 Å². The van der Waals surface area contributed by atoms with Crippen molar-refractivity contribution in [1.82, 2.24) is 14.6 Å². The van der Waals surface area contributed by atoms with Gasteiger partial charge in [0.15, 0.2) is 12.3 Å². The number of pyridine rings is 1. The van der Waals surface area contributed by atoms with E-state index in [-0.39, 0.29) is 12.5 Å². The van der Waals surface area contributed by atoms with E-state index < -0.39 is 0 Å². The number of aryl methyl sites for hydroxylation is 2. The molecule has 23 heavy (non-hydrogen) atoms. The zero-order chi connectivity index (χ0) is 16.4. The van der Waals surface area contributed by atoms with Gasteiger partial charge in [-0.15, -0.1) is 0 Å². The standard InChI is InChI=1S/C17H18N4O2/c1-11-5-4-6-15(12(11)2)23-10-17(22)19-14-7-8-16-18-13(3)20-21(16)9-14/h4-9H,10H2,1-3H3,(H,19,22). The van der Waals surface area contributed by atoms with Crippen molar-refractivity contribution >= 4 is 17.2 Å². The van der Waals surface area contributed by atoms with Crippen molar-refractivity contribution in [2.45, 2.75) is 20.8 Å². The number of hydrogen-bond donors (Lipinski definition) is 1. The van der Waals surface area contributed by atoms with E-state index in [9.17, 15) is 4.79 Å². The van der Waals surface area contributed by atoms with Crippen molar-refractivity contribution in [3.63, 3.8) is 0 Å². The highest BCUT2D eigenvalue weighted by Gasteiger charge is 2.08. The second-order valence-electron chi connectivity index (χ2n) is 5.41. The Labute approximate surface area is 134 Å². The van der Waals surface area contributed by atoms with Crippen LogP contribution in [0.15, 0.2) is 36.5 Å². The lowest BCUT2D eigenvalue weighted by atomic mass is 10.1. The summed E-state index contributed by atoms with van der Waals surface area (Å²) < 4.78 is 7.23. The third kappa shape index (κ3) is 3.31. The van der Waals surface area contributed by atoms with E-state index in [1.807, 2.05) is 39.0 Å². The first-order chi connectivity index (χ1) is 11.0. The minimum Gasteiger partial charge on any atom is -0.483 e. The van der Waals surface area contributed by atoms with Crippen LogP contribution in [0.5, 0.6) is 5.75 Å². The highest BCUT2D eigenvalue weighted by molar-refractivity contribution is 5.91. The predicted molar refractivity (Wildman–Crippen MR) is 87.8 cm³/mol. The topological polar surface area (TPSA) is 68.5 Å². The van der Waals surface area contributed by atoms with Crippen LogP contribution in [0.1, 0.15) is 17.0 Å². The first kappa shape index (κ1) is 15.0. The molecule has 0 aliphatic heterocycles. The van der Waals surface area contributed by atoms with Gasteiger partial charge in [-0.05, 0) is 50.1 Å². The van der Waals surface area contributed by atoms with Gasteiger partial charge in [-0.3, -0.25) is 4.79 Å². The Bertz CT molecular complexity index is 870. The Hall–Kier alpha value is -2.89. The molecular formula is C17H18N4O2. The number of nitrogens with zero attached hydrogens (tertiary/aromatic N) is 3. The molecular weight excluding hydrogens is 292 g/mol. The normalized spacial score (nSPS) is 10.7. The Morgan fingerprint density at radius 1 is 1.22 bits per heavy atom. The maximum atomic E-state index is 12.0. The molecule has 118 valence electrons. The van der Waals surface area contributed by atoms with Crippen molar-refractivity contribution in [2.24, 2.45) is 0 Å². The van der Waals surface area contributed by atoms with E-state index in [0.29, 0.717) is 11.5 Å². The molecule has 0 spiro atoms. The molecule has 3 rings (SSSR count). The molecule has 6 heteroatoms. The minimum absolute atomic E-state index is 0.0429. The molecule has 0 fully saturated rings. The Balaban J connectivity index is 1.65. The van der Waals surface area contributed by atoms with Crippen molar-refractivity contribution in [3.8, 4) is 5.75 Å². The molecule has 0 atom stereocenters. The van der Waals surface area contributed by atoms with Gasteiger partial charge in [0, 0.05) is 0 Å². The second kappa shape index (κ2) is 6.08. The number of amides is 1. The highest BCUT2D eigenvalue weighted by atomic mass is 16.5. The first-order valence-electron chi connectivity index (χ1n) is 7.35. The van der Waals surface area contributed by atoms with Gasteiger partial charge < -0.3 is 10.1 Å². The van der Waals surface area contributed by atoms with Gasteiger partial charge >= 0.3 is 0 Å². The molecule has 0 saturated carbocycles. The summed E-state index contributed by atoms with van der Waals surface area (Å²) in [6.45, 7) is 5.77. The predicted octanol–water partition coefficient (Wildman–Crippen LogP) is 2.67. The third-order valence-corrected chi connectivity index (χ3v) is 3.63. The second-order valence-corrected chi connectivity index (χ2v) is 5.41. The quantitative estimate of drug-likeness (QED) is 0.804. The molecule has 0 aliphatic carbocycles. The molecule has 0 aliphatic rings. The summed E-state index contributed by atoms with van der Waals surface area (Å²) in [6.07, 6.45) is 1.73. The fraction of sp³-hybridized carbons (Fsp3) is 0.235. The Morgan fingerprint density at radius 2 is 2.04 bits per heavy atom. The number of benzene rings is 1. The Morgan fingerprint density at radius 3 is 2.87 bits per heavy atom. The van der Waals surface area contributed by atoms with Gasteiger partial charge in [0.2, 0.25) is 0 Å². The monoisotopic (exact) mass is 310 g/mol. The largest absolute Gasteiger partial charge is 0.483 e. The summed E-state index contributed by atoms with van der Waals surface area (Å²) in [5.41, 5.74) is 3.57. The van der Waals surface area contributed by atoms with Crippen LogP contribution in [0.4, 0.5) is 5.69 Å². The van der Waals surface area contributed by atoms with E-state index in [1.165, 1.54) is 0 Å². The number of fused-ring (bicyclic) bond motifs is 1. The number of hydrogen-bond acceptors (Lipinski definition) is 4. The van der Waals surface area contributed by atoms with E-state index in [2.05, 4.69) is 15.4 Å². The number of nitrogens with one attached hydrogen (secondary N) is 1. The molecule has 1 amide bonds. The SMILES string of the molecule is Cc1nc2ccc(NC(=O)COc3cccc(C)c3C)cn2n1. The summed E-state index contributed by atoms with van der Waals surface area (Å²) in [4.78, 5) is 16.3. The van der Waals surface area contributed by atoms with Crippen molar-refractivity contribution in [1.29, 1.82) is 0 Å². The van der Waals surface area contributed by atoms with E-state index >= 15 is 0 Å². The molecule has 6 nitrogen and oxygen atoms in total. The Kier molecular flexibility index (Phi) is 3.97. The van der Waals surface area contributed by atoms with Crippen LogP contribution in [-0.4, -0.2) is 27.1 Å². The van der Waals surface area contributed by atoms with E-state index in [4.69, 9.17) is 4.74 Å². The summed E-state index contributed by atoms with van der Waals surface area (Å²) >= 11 is 0. The molecule has 2 heterocycles. The summed E-state index contributed by atoms with van der Waals surface area (Å²) in [6, 6.07) is 9.38. The summed E-state index contributed by atoms with van der Waals surface area (Å²) in [7, 11) is 0. The minimum atomic E-state index is -0.220. The molecule has 1 aromatic carbocycles. The van der Waals surface area contributed by atoms with Gasteiger partial charge in [-0.1, -0.05) is 12.1 Å². The number of rotatable bonds is 4. The van der Waals surface area contributed by atoms with Crippen LogP contribution in [0.3, 0.4) is 0 Å². The van der Waals surface area contributed by atoms with Crippen molar-refractivity contribution < 1.29 is 9.53 Å². The van der Waals surface area contributed by atoms with Gasteiger partial charge in [0.1, 0.15) is 11.6 Å². The molecule has 3 aromatic rings. The van der Waals surface area contributed by atoms with Crippen LogP contribution < -0.4 is 10.1 Å². The van der Waals surface area contributed by atoms with Gasteiger partial charge in [0.25, 0.3) is 5.91 Å². The smallest absolute Gasteiger partial charge is 0.262 e. The molecule has 0 radical (unpaired) electrons. The average molecular weight is 310 g/mol. The third-order valence-electron chi connectivity index (χ3n) is 3.63. The van der Waals surface area contributed by atoms with Gasteiger partial charge in [-0.25, -0.2) is 9.50 Å². The van der Waals surface area contributed by atoms with E-state index in [0.717, 1.165) is 22.5 Å². The number of anilines is 1. The fourth-order valence-corrected chi connectivity index (χ4v) is 2.29. The van der Waals surface area contributed by atoms with Gasteiger partial charge in [0.05, 0.1) is 11.9 Å². The van der Waals surface area contributed by atoms with Crippen molar-refractivity contribution in [3.05, 3.63) is 53.5 Å². The highest BCUT2D eigenvalue weighted by Crippen LogP contribution is 2.20. The average Bonchev–Trinajstić information content (AvgIpc) is 2.88. The fourth-order valence-electron chi connectivity index (χ4n) is 2.29.